The van der Waals surface area contributed by atoms with Crippen LogP contribution in [0.3, 0.4) is 0 Å². The molecule has 2 nitrogen and oxygen atoms in total. The average Bonchev–Trinajstić information content (AvgIpc) is 3.03. The minimum absolute atomic E-state index is 0.466. The minimum Gasteiger partial charge on any atom is -0.361 e. The third-order valence-electron chi connectivity index (χ3n) is 3.66. The molecule has 2 aromatic rings. The molecule has 136 valence electrons. The van der Waals surface area contributed by atoms with Crippen LogP contribution in [0.15, 0.2) is 52.6 Å². The molecule has 2 heteroatoms. The first-order valence-corrected chi connectivity index (χ1v) is 9.13. The van der Waals surface area contributed by atoms with Gasteiger partial charge in [0.25, 0.3) is 0 Å². The molecule has 0 bridgehead atoms. The third-order valence-corrected chi connectivity index (χ3v) is 3.66. The zero-order valence-corrected chi connectivity index (χ0v) is 16.7. The van der Waals surface area contributed by atoms with E-state index in [1.54, 1.807) is 0 Å². The fourth-order valence-electron chi connectivity index (χ4n) is 2.38. The quantitative estimate of drug-likeness (QED) is 0.578. The number of rotatable bonds is 5. The Morgan fingerprint density at radius 1 is 1.24 bits per heavy atom. The van der Waals surface area contributed by atoms with Crippen molar-refractivity contribution in [2.45, 2.75) is 60.8 Å². The Hall–Kier alpha value is -2.27. The van der Waals surface area contributed by atoms with Crippen molar-refractivity contribution in [3.8, 4) is 12.3 Å². The van der Waals surface area contributed by atoms with Crippen molar-refractivity contribution in [2.24, 2.45) is 5.92 Å². The summed E-state index contributed by atoms with van der Waals surface area (Å²) in [7, 11) is 0. The van der Waals surface area contributed by atoms with Crippen molar-refractivity contribution in [1.29, 1.82) is 0 Å². The van der Waals surface area contributed by atoms with E-state index in [1.807, 2.05) is 51.1 Å². The van der Waals surface area contributed by atoms with E-state index in [1.165, 1.54) is 11.1 Å². The van der Waals surface area contributed by atoms with Crippen molar-refractivity contribution in [3.63, 3.8) is 0 Å². The molecule has 1 aromatic heterocycles. The molecule has 0 aliphatic carbocycles. The molecule has 0 aliphatic rings. The fraction of sp³-hybridized carbons (Fsp3) is 0.435. The Labute approximate surface area is 154 Å². The maximum absolute atomic E-state index is 5.30. The predicted octanol–water partition coefficient (Wildman–Crippen LogP) is 6.54. The van der Waals surface area contributed by atoms with Gasteiger partial charge in [0.2, 0.25) is 0 Å². The van der Waals surface area contributed by atoms with Crippen LogP contribution in [-0.2, 0) is 6.42 Å². The van der Waals surface area contributed by atoms with E-state index in [0.717, 1.165) is 30.7 Å². The number of allylic oxidation sites excluding steroid dienone is 2. The highest BCUT2D eigenvalue weighted by atomic mass is 16.5. The van der Waals surface area contributed by atoms with E-state index in [4.69, 9.17) is 10.9 Å². The number of aromatic nitrogens is 1. The van der Waals surface area contributed by atoms with Gasteiger partial charge in [-0.3, -0.25) is 0 Å². The van der Waals surface area contributed by atoms with Crippen molar-refractivity contribution < 1.29 is 4.52 Å². The van der Waals surface area contributed by atoms with Gasteiger partial charge < -0.3 is 4.52 Å². The number of terminal acetylenes is 1. The van der Waals surface area contributed by atoms with Crippen molar-refractivity contribution in [3.05, 3.63) is 65.1 Å². The second-order valence-electron chi connectivity index (χ2n) is 5.83. The second-order valence-corrected chi connectivity index (χ2v) is 5.83. The molecule has 0 fully saturated rings. The molecule has 0 saturated carbocycles. The normalized spacial score (nSPS) is 11.3. The lowest BCUT2D eigenvalue weighted by atomic mass is 9.91. The van der Waals surface area contributed by atoms with Gasteiger partial charge in [0, 0.05) is 12.5 Å². The summed E-state index contributed by atoms with van der Waals surface area (Å²) in [6.45, 7) is 12.3. The summed E-state index contributed by atoms with van der Waals surface area (Å²) < 4.78 is 5.24. The Bertz CT molecular complexity index is 632. The maximum atomic E-state index is 5.30. The van der Waals surface area contributed by atoms with E-state index in [2.05, 4.69) is 44.0 Å². The Morgan fingerprint density at radius 2 is 1.88 bits per heavy atom. The number of hydrogen-bond acceptors (Lipinski definition) is 2. The lowest BCUT2D eigenvalue weighted by Crippen LogP contribution is -2.05. The summed E-state index contributed by atoms with van der Waals surface area (Å²) >= 11 is 0. The summed E-state index contributed by atoms with van der Waals surface area (Å²) in [5.41, 5.74) is 3.50. The van der Waals surface area contributed by atoms with E-state index in [-0.39, 0.29) is 0 Å². The lowest BCUT2D eigenvalue weighted by molar-refractivity contribution is 0.360. The molecule has 0 amide bonds. The molecular weight excluding hydrogens is 306 g/mol. The third kappa shape index (κ3) is 10.2. The van der Waals surface area contributed by atoms with Gasteiger partial charge in [-0.05, 0) is 39.2 Å². The van der Waals surface area contributed by atoms with Gasteiger partial charge in [-0.15, -0.1) is 6.42 Å². The van der Waals surface area contributed by atoms with Crippen LogP contribution in [0.2, 0.25) is 0 Å². The fourth-order valence-corrected chi connectivity index (χ4v) is 2.38. The molecule has 0 spiro atoms. The summed E-state index contributed by atoms with van der Waals surface area (Å²) in [5.74, 6) is 4.00. The van der Waals surface area contributed by atoms with Crippen molar-refractivity contribution in [1.82, 2.24) is 5.16 Å². The largest absolute Gasteiger partial charge is 0.361 e. The van der Waals surface area contributed by atoms with Gasteiger partial charge in [0.1, 0.15) is 5.76 Å². The zero-order chi connectivity index (χ0) is 19.1. The monoisotopic (exact) mass is 339 g/mol. The molecule has 1 aromatic carbocycles. The molecule has 0 aliphatic heterocycles. The van der Waals surface area contributed by atoms with Crippen LogP contribution in [0, 0.1) is 32.1 Å². The van der Waals surface area contributed by atoms with Gasteiger partial charge in [-0.1, -0.05) is 79.7 Å². The Balaban J connectivity index is 0.000000530. The number of benzene rings is 1. The summed E-state index contributed by atoms with van der Waals surface area (Å²) in [6.07, 6.45) is 10.3. The highest BCUT2D eigenvalue weighted by Gasteiger charge is 2.13. The van der Waals surface area contributed by atoms with Gasteiger partial charge in [-0.2, -0.15) is 0 Å². The van der Waals surface area contributed by atoms with E-state index in [0.29, 0.717) is 5.92 Å². The standard InChI is InChI=1S/C14H19NO.C7H8.C2H6/c1-5-7-11(3)13(8-6-2)10-14-9-12(4)15-16-14;1-7-5-3-2-4-6-7;1-2/h1,7,9,13H,6,8,10H2,2-4H3;2-6H,1H3;1-2H3. The lowest BCUT2D eigenvalue weighted by Gasteiger charge is -2.14. The van der Waals surface area contributed by atoms with Crippen LogP contribution < -0.4 is 0 Å². The Morgan fingerprint density at radius 3 is 2.28 bits per heavy atom. The molecule has 2 rings (SSSR count). The van der Waals surface area contributed by atoms with Gasteiger partial charge in [-0.25, -0.2) is 0 Å². The van der Waals surface area contributed by atoms with Crippen LogP contribution >= 0.6 is 0 Å². The first-order valence-electron chi connectivity index (χ1n) is 9.13. The van der Waals surface area contributed by atoms with Crippen LogP contribution in [0.5, 0.6) is 0 Å². The minimum atomic E-state index is 0.466. The van der Waals surface area contributed by atoms with E-state index < -0.39 is 0 Å². The zero-order valence-electron chi connectivity index (χ0n) is 16.7. The van der Waals surface area contributed by atoms with E-state index in [9.17, 15) is 0 Å². The highest BCUT2D eigenvalue weighted by molar-refractivity contribution is 5.19. The van der Waals surface area contributed by atoms with Crippen molar-refractivity contribution >= 4 is 0 Å². The summed E-state index contributed by atoms with van der Waals surface area (Å²) in [5, 5.41) is 3.90. The number of nitrogens with zero attached hydrogens (tertiary/aromatic N) is 1. The highest BCUT2D eigenvalue weighted by Crippen LogP contribution is 2.22. The topological polar surface area (TPSA) is 26.0 Å². The van der Waals surface area contributed by atoms with Crippen LogP contribution in [0.4, 0.5) is 0 Å². The Kier molecular flexibility index (Phi) is 12.8. The molecular formula is C23H33NO. The molecule has 0 saturated heterocycles. The molecule has 1 atom stereocenters. The van der Waals surface area contributed by atoms with Gasteiger partial charge in [0.05, 0.1) is 5.69 Å². The number of hydrogen-bond donors (Lipinski definition) is 0. The molecule has 1 unspecified atom stereocenters. The molecule has 1 heterocycles. The second kappa shape index (κ2) is 14.1. The molecule has 0 N–H and O–H groups in total. The summed E-state index contributed by atoms with van der Waals surface area (Å²) in [4.78, 5) is 0. The first-order chi connectivity index (χ1) is 12.1. The van der Waals surface area contributed by atoms with Crippen LogP contribution in [0.25, 0.3) is 0 Å². The van der Waals surface area contributed by atoms with Gasteiger partial charge in [0.15, 0.2) is 0 Å². The molecule has 0 radical (unpaired) electrons. The maximum Gasteiger partial charge on any atom is 0.137 e. The summed E-state index contributed by atoms with van der Waals surface area (Å²) in [6, 6.07) is 12.3. The van der Waals surface area contributed by atoms with E-state index >= 15 is 0 Å². The first kappa shape index (κ1) is 22.7. The van der Waals surface area contributed by atoms with Crippen LogP contribution in [0.1, 0.15) is 57.6 Å². The average molecular weight is 340 g/mol. The smallest absolute Gasteiger partial charge is 0.137 e. The van der Waals surface area contributed by atoms with Crippen molar-refractivity contribution in [2.75, 3.05) is 0 Å². The SMILES string of the molecule is C#CC=C(C)C(CCC)Cc1cc(C)no1.CC.Cc1ccccc1. The predicted molar refractivity (Wildman–Crippen MR) is 108 cm³/mol. The van der Waals surface area contributed by atoms with Crippen LogP contribution in [-0.4, -0.2) is 5.16 Å². The van der Waals surface area contributed by atoms with Gasteiger partial charge >= 0.3 is 0 Å². The number of aryl methyl sites for hydroxylation is 2. The molecule has 25 heavy (non-hydrogen) atoms.